The molecular weight excluding hydrogens is 496 g/mol. The molecule has 0 unspecified atom stereocenters. The summed E-state index contributed by atoms with van der Waals surface area (Å²) in [7, 11) is 0. The van der Waals surface area contributed by atoms with Gasteiger partial charge in [0.05, 0.1) is 21.4 Å². The molecule has 4 heteroatoms. The fraction of sp³-hybridized carbons (Fsp3) is 0. The minimum atomic E-state index is -0.135. The lowest BCUT2D eigenvalue weighted by molar-refractivity contribution is 0.561. The van der Waals surface area contributed by atoms with Crippen LogP contribution in [0.25, 0.3) is 78.6 Å². The third-order valence-electron chi connectivity index (χ3n) is 7.37. The van der Waals surface area contributed by atoms with Gasteiger partial charge in [-0.15, -0.1) is 0 Å². The summed E-state index contributed by atoms with van der Waals surface area (Å²) in [6.45, 7) is 7.55. The molecule has 0 aliphatic heterocycles. The van der Waals surface area contributed by atoms with Crippen LogP contribution in [0.3, 0.4) is 0 Å². The fourth-order valence-electron chi connectivity index (χ4n) is 5.31. The standard InChI is InChI=1S/C36H22O4/c1-3-6-28-21(2)39-33-15-13-25(19-30(33)35(28)37)23-11-9-22-10-12-24(18-27(22)17-23)26-14-16-34-31(20-26)36(38)29-7-4-5-8-32(29)40-34/h3-20H,1-2H2/b28-6+. The average Bonchev–Trinajstić information content (AvgIpc) is 2.98. The molecular formula is C36H22O4. The van der Waals surface area contributed by atoms with Crippen LogP contribution >= 0.6 is 0 Å². The van der Waals surface area contributed by atoms with Gasteiger partial charge in [0.2, 0.25) is 10.9 Å². The molecule has 7 aromatic rings. The van der Waals surface area contributed by atoms with Gasteiger partial charge < -0.3 is 8.83 Å². The molecule has 0 radical (unpaired) electrons. The molecule has 0 saturated carbocycles. The minimum Gasteiger partial charge on any atom is -0.456 e. The summed E-state index contributed by atoms with van der Waals surface area (Å²) in [5.41, 5.74) is 5.60. The summed E-state index contributed by atoms with van der Waals surface area (Å²) < 4.78 is 11.8. The van der Waals surface area contributed by atoms with Gasteiger partial charge in [-0.1, -0.05) is 67.8 Å². The predicted octanol–water partition coefficient (Wildman–Crippen LogP) is 6.92. The Bertz CT molecular complexity index is 2410. The van der Waals surface area contributed by atoms with E-state index in [-0.39, 0.29) is 10.9 Å². The van der Waals surface area contributed by atoms with E-state index >= 15 is 0 Å². The lowest BCUT2D eigenvalue weighted by atomic mass is 9.96. The molecule has 4 nitrogen and oxygen atoms in total. The Balaban J connectivity index is 1.35. The molecule has 0 aliphatic rings. The SMILES string of the molecule is C=C/C=c1\c(=C)oc2ccc(-c3ccc4ccc(-c5ccc6oc7ccccc7c(=O)c6c5)cc4c3)cc2c1=O. The van der Waals surface area contributed by atoms with Crippen LogP contribution in [0.5, 0.6) is 0 Å². The zero-order valence-corrected chi connectivity index (χ0v) is 21.4. The molecule has 0 N–H and O–H groups in total. The van der Waals surface area contributed by atoms with Crippen molar-refractivity contribution in [2.75, 3.05) is 0 Å². The van der Waals surface area contributed by atoms with Crippen molar-refractivity contribution in [2.24, 2.45) is 0 Å². The van der Waals surface area contributed by atoms with Crippen LogP contribution in [0, 0.1) is 0 Å². The smallest absolute Gasteiger partial charge is 0.200 e. The van der Waals surface area contributed by atoms with Gasteiger partial charge in [-0.25, -0.2) is 0 Å². The van der Waals surface area contributed by atoms with Gasteiger partial charge in [0, 0.05) is 0 Å². The third kappa shape index (κ3) is 3.77. The van der Waals surface area contributed by atoms with E-state index in [1.807, 2.05) is 60.7 Å². The van der Waals surface area contributed by atoms with E-state index in [1.54, 1.807) is 18.2 Å². The predicted molar refractivity (Wildman–Crippen MR) is 164 cm³/mol. The number of para-hydroxylation sites is 1. The first-order valence-electron chi connectivity index (χ1n) is 12.9. The summed E-state index contributed by atoms with van der Waals surface area (Å²) >= 11 is 0. The highest BCUT2D eigenvalue weighted by molar-refractivity contribution is 5.95. The van der Waals surface area contributed by atoms with E-state index in [0.29, 0.717) is 43.5 Å². The van der Waals surface area contributed by atoms with Crippen molar-refractivity contribution in [3.05, 3.63) is 141 Å². The van der Waals surface area contributed by atoms with Gasteiger partial charge in [-0.2, -0.15) is 0 Å². The van der Waals surface area contributed by atoms with Crippen LogP contribution in [-0.4, -0.2) is 0 Å². The van der Waals surface area contributed by atoms with Crippen LogP contribution in [-0.2, 0) is 0 Å². The van der Waals surface area contributed by atoms with Crippen LogP contribution in [0.4, 0.5) is 0 Å². The van der Waals surface area contributed by atoms with Crippen molar-refractivity contribution < 1.29 is 8.83 Å². The van der Waals surface area contributed by atoms with Crippen LogP contribution in [0.1, 0.15) is 0 Å². The molecule has 7 rings (SSSR count). The first-order chi connectivity index (χ1) is 19.5. The molecule has 0 aliphatic carbocycles. The Morgan fingerprint density at radius 3 is 1.77 bits per heavy atom. The second-order valence-electron chi connectivity index (χ2n) is 9.80. The quantitative estimate of drug-likeness (QED) is 0.238. The van der Waals surface area contributed by atoms with E-state index in [2.05, 4.69) is 43.5 Å². The number of hydrogen-bond acceptors (Lipinski definition) is 4. The Morgan fingerprint density at radius 2 is 1.10 bits per heavy atom. The summed E-state index contributed by atoms with van der Waals surface area (Å²) in [6, 6.07) is 31.1. The molecule has 0 atom stereocenters. The normalized spacial score (nSPS) is 12.1. The molecule has 40 heavy (non-hydrogen) atoms. The zero-order valence-electron chi connectivity index (χ0n) is 21.4. The number of benzene rings is 5. The summed E-state index contributed by atoms with van der Waals surface area (Å²) in [6.07, 6.45) is 3.18. The summed E-state index contributed by atoms with van der Waals surface area (Å²) in [5, 5.41) is 4.15. The summed E-state index contributed by atoms with van der Waals surface area (Å²) in [5.74, 6) is 0. The largest absolute Gasteiger partial charge is 0.456 e. The number of fused-ring (bicyclic) bond motifs is 4. The third-order valence-corrected chi connectivity index (χ3v) is 7.37. The van der Waals surface area contributed by atoms with Crippen molar-refractivity contribution in [3.63, 3.8) is 0 Å². The molecule has 0 fully saturated rings. The van der Waals surface area contributed by atoms with Gasteiger partial charge >= 0.3 is 0 Å². The fourth-order valence-corrected chi connectivity index (χ4v) is 5.31. The van der Waals surface area contributed by atoms with Gasteiger partial charge in [0.15, 0.2) is 0 Å². The molecule has 0 spiro atoms. The Hall–Kier alpha value is -5.48. The Morgan fingerprint density at radius 1 is 0.550 bits per heavy atom. The van der Waals surface area contributed by atoms with Gasteiger partial charge in [0.25, 0.3) is 0 Å². The zero-order chi connectivity index (χ0) is 27.4. The van der Waals surface area contributed by atoms with E-state index in [1.165, 1.54) is 0 Å². The highest BCUT2D eigenvalue weighted by Gasteiger charge is 2.11. The maximum Gasteiger partial charge on any atom is 0.200 e. The van der Waals surface area contributed by atoms with Crippen LogP contribution in [0.15, 0.2) is 128 Å². The molecule has 190 valence electrons. The van der Waals surface area contributed by atoms with Crippen molar-refractivity contribution in [1.82, 2.24) is 0 Å². The Labute approximate surface area is 228 Å². The van der Waals surface area contributed by atoms with Gasteiger partial charge in [-0.05, 0) is 87.6 Å². The van der Waals surface area contributed by atoms with Crippen LogP contribution < -0.4 is 21.5 Å². The second kappa shape index (κ2) is 9.07. The second-order valence-corrected chi connectivity index (χ2v) is 9.80. The molecule has 2 aromatic heterocycles. The molecule has 0 saturated heterocycles. The van der Waals surface area contributed by atoms with E-state index in [4.69, 9.17) is 8.83 Å². The molecule has 0 bridgehead atoms. The minimum absolute atomic E-state index is 0.0395. The number of allylic oxidation sites excluding steroid dienone is 1. The number of rotatable bonds is 3. The average molecular weight is 519 g/mol. The van der Waals surface area contributed by atoms with Crippen molar-refractivity contribution in [2.45, 2.75) is 0 Å². The van der Waals surface area contributed by atoms with Gasteiger partial charge in [0.1, 0.15) is 22.2 Å². The highest BCUT2D eigenvalue weighted by atomic mass is 16.3. The maximum atomic E-state index is 13.2. The summed E-state index contributed by atoms with van der Waals surface area (Å²) in [4.78, 5) is 26.3. The monoisotopic (exact) mass is 518 g/mol. The maximum absolute atomic E-state index is 13.2. The van der Waals surface area contributed by atoms with E-state index < -0.39 is 0 Å². The topological polar surface area (TPSA) is 60.4 Å². The molecule has 0 amide bonds. The lowest BCUT2D eigenvalue weighted by Crippen LogP contribution is -2.37. The van der Waals surface area contributed by atoms with Crippen LogP contribution in [0.2, 0.25) is 0 Å². The van der Waals surface area contributed by atoms with E-state index in [9.17, 15) is 9.59 Å². The van der Waals surface area contributed by atoms with E-state index in [0.717, 1.165) is 33.0 Å². The highest BCUT2D eigenvalue weighted by Crippen LogP contribution is 2.31. The molecule has 5 aromatic carbocycles. The number of hydrogen-bond donors (Lipinski definition) is 0. The van der Waals surface area contributed by atoms with Gasteiger partial charge in [-0.3, -0.25) is 9.59 Å². The van der Waals surface area contributed by atoms with Crippen molar-refractivity contribution in [1.29, 1.82) is 0 Å². The van der Waals surface area contributed by atoms with Crippen molar-refractivity contribution >= 4 is 56.3 Å². The Kier molecular flexibility index (Phi) is 5.36. The van der Waals surface area contributed by atoms with Crippen molar-refractivity contribution in [3.8, 4) is 22.3 Å². The first-order valence-corrected chi connectivity index (χ1v) is 12.9. The lowest BCUT2D eigenvalue weighted by Gasteiger charge is -2.09. The molecule has 2 heterocycles. The first kappa shape index (κ1) is 23.6.